The lowest BCUT2D eigenvalue weighted by Crippen LogP contribution is -2.42. The average molecular weight is 374 g/mol. The molecule has 10 nitrogen and oxygen atoms in total. The Balaban J connectivity index is 3.86. The van der Waals surface area contributed by atoms with E-state index in [0.717, 1.165) is 12.5 Å². The van der Waals surface area contributed by atoms with Gasteiger partial charge in [-0.3, -0.25) is 18.0 Å². The highest BCUT2D eigenvalue weighted by Crippen LogP contribution is 1.92. The molecule has 0 aromatic rings. The van der Waals surface area contributed by atoms with Crippen molar-refractivity contribution in [1.82, 2.24) is 10.6 Å². The number of hydrogen-bond donors (Lipinski definition) is 2. The molecule has 0 unspecified atom stereocenters. The van der Waals surface area contributed by atoms with Gasteiger partial charge in [0.25, 0.3) is 20.2 Å². The van der Waals surface area contributed by atoms with Crippen molar-refractivity contribution in [3.63, 3.8) is 0 Å². The number of carbonyl (C=O) groups is 2. The van der Waals surface area contributed by atoms with E-state index >= 15 is 0 Å². The summed E-state index contributed by atoms with van der Waals surface area (Å²) < 4.78 is 51.7. The third-order valence-corrected chi connectivity index (χ3v) is 3.46. The summed E-state index contributed by atoms with van der Waals surface area (Å²) in [6, 6.07) is -0.388. The van der Waals surface area contributed by atoms with E-state index in [9.17, 15) is 26.4 Å². The van der Waals surface area contributed by atoms with Gasteiger partial charge in [-0.25, -0.2) is 0 Å². The maximum absolute atomic E-state index is 11.5. The zero-order chi connectivity index (χ0) is 18.1. The predicted octanol–water partition coefficient (Wildman–Crippen LogP) is -1.66. The van der Waals surface area contributed by atoms with Crippen LogP contribution < -0.4 is 10.6 Å². The first-order valence-electron chi connectivity index (χ1n) is 6.64. The van der Waals surface area contributed by atoms with E-state index in [2.05, 4.69) is 19.0 Å². The molecular weight excluding hydrogens is 352 g/mol. The molecule has 0 spiro atoms. The van der Waals surface area contributed by atoms with Crippen molar-refractivity contribution in [2.45, 2.75) is 25.8 Å². The largest absolute Gasteiger partial charge is 0.354 e. The van der Waals surface area contributed by atoms with Crippen molar-refractivity contribution in [2.24, 2.45) is 0 Å². The van der Waals surface area contributed by atoms with Crippen LogP contribution in [0.3, 0.4) is 0 Å². The lowest BCUT2D eigenvalue weighted by Gasteiger charge is -2.14. The second-order valence-corrected chi connectivity index (χ2v) is 8.11. The molecule has 0 saturated heterocycles. The third kappa shape index (κ3) is 15.4. The van der Waals surface area contributed by atoms with E-state index in [-0.39, 0.29) is 38.6 Å². The van der Waals surface area contributed by atoms with E-state index < -0.39 is 32.1 Å². The van der Waals surface area contributed by atoms with Gasteiger partial charge in [0, 0.05) is 12.6 Å². The first-order valence-corrected chi connectivity index (χ1v) is 10.3. The highest BCUT2D eigenvalue weighted by molar-refractivity contribution is 7.86. The van der Waals surface area contributed by atoms with Gasteiger partial charge in [0.05, 0.1) is 38.6 Å². The SMILES string of the molecule is C[C@@H](CNC(=O)CCOS(C)(=O)=O)NC(=O)CCOS(C)(=O)=O. The minimum Gasteiger partial charge on any atom is -0.354 e. The number of amides is 2. The lowest BCUT2D eigenvalue weighted by atomic mass is 10.3. The van der Waals surface area contributed by atoms with Crippen molar-refractivity contribution >= 4 is 32.1 Å². The van der Waals surface area contributed by atoms with Gasteiger partial charge in [-0.2, -0.15) is 16.8 Å². The van der Waals surface area contributed by atoms with Crippen molar-refractivity contribution in [2.75, 3.05) is 32.3 Å². The number of carbonyl (C=O) groups excluding carboxylic acids is 2. The van der Waals surface area contributed by atoms with Gasteiger partial charge in [0.15, 0.2) is 0 Å². The maximum atomic E-state index is 11.5. The normalized spacial score (nSPS) is 13.3. The fourth-order valence-electron chi connectivity index (χ4n) is 1.32. The highest BCUT2D eigenvalue weighted by atomic mass is 32.2. The van der Waals surface area contributed by atoms with Crippen LogP contribution in [0.1, 0.15) is 19.8 Å². The Hall–Kier alpha value is -1.24. The molecule has 136 valence electrons. The number of rotatable bonds is 11. The van der Waals surface area contributed by atoms with Crippen LogP contribution in [-0.4, -0.2) is 67.0 Å². The summed E-state index contributed by atoms with van der Waals surface area (Å²) in [4.78, 5) is 22.9. The quantitative estimate of drug-likeness (QED) is 0.409. The van der Waals surface area contributed by atoms with Crippen LogP contribution in [0, 0.1) is 0 Å². The second kappa shape index (κ2) is 9.80. The van der Waals surface area contributed by atoms with Gasteiger partial charge in [0.1, 0.15) is 0 Å². The molecule has 0 aliphatic heterocycles. The van der Waals surface area contributed by atoms with Crippen LogP contribution in [0.25, 0.3) is 0 Å². The summed E-state index contributed by atoms with van der Waals surface area (Å²) in [6.45, 7) is 1.26. The zero-order valence-corrected chi connectivity index (χ0v) is 14.8. The van der Waals surface area contributed by atoms with Gasteiger partial charge in [-0.1, -0.05) is 0 Å². The summed E-state index contributed by atoms with van der Waals surface area (Å²) >= 11 is 0. The highest BCUT2D eigenvalue weighted by Gasteiger charge is 2.11. The summed E-state index contributed by atoms with van der Waals surface area (Å²) in [6.07, 6.45) is 1.51. The first kappa shape index (κ1) is 21.8. The number of nitrogens with one attached hydrogen (secondary N) is 2. The number of hydrogen-bond acceptors (Lipinski definition) is 8. The van der Waals surface area contributed by atoms with Gasteiger partial charge < -0.3 is 10.6 Å². The molecule has 23 heavy (non-hydrogen) atoms. The monoisotopic (exact) mass is 374 g/mol. The molecule has 2 N–H and O–H groups in total. The van der Waals surface area contributed by atoms with E-state index in [0.29, 0.717) is 0 Å². The van der Waals surface area contributed by atoms with E-state index in [1.165, 1.54) is 0 Å². The molecule has 2 amide bonds. The fourth-order valence-corrected chi connectivity index (χ4v) is 2.10. The average Bonchev–Trinajstić information content (AvgIpc) is 2.33. The second-order valence-electron chi connectivity index (χ2n) is 4.82. The van der Waals surface area contributed by atoms with Gasteiger partial charge in [-0.15, -0.1) is 0 Å². The minimum absolute atomic E-state index is 0.129. The van der Waals surface area contributed by atoms with E-state index in [4.69, 9.17) is 0 Å². The topological polar surface area (TPSA) is 145 Å². The van der Waals surface area contributed by atoms with Crippen LogP contribution >= 0.6 is 0 Å². The van der Waals surface area contributed by atoms with E-state index in [1.54, 1.807) is 6.92 Å². The first-order chi connectivity index (χ1) is 10.4. The van der Waals surface area contributed by atoms with Crippen LogP contribution in [0.2, 0.25) is 0 Å². The molecule has 0 rings (SSSR count). The Kier molecular flexibility index (Phi) is 9.27. The Morgan fingerprint density at radius 2 is 1.35 bits per heavy atom. The van der Waals surface area contributed by atoms with Crippen molar-refractivity contribution in [3.05, 3.63) is 0 Å². The van der Waals surface area contributed by atoms with Crippen LogP contribution in [0.5, 0.6) is 0 Å². The van der Waals surface area contributed by atoms with Crippen LogP contribution in [0.15, 0.2) is 0 Å². The standard InChI is InChI=1S/C11H22N2O8S2/c1-9(13-11(15)5-7-21-23(3,18)19)8-12-10(14)4-6-20-22(2,16)17/h9H,4-8H2,1-3H3,(H,12,14)(H,13,15)/t9-/m0/s1. The van der Waals surface area contributed by atoms with Crippen LogP contribution in [0.4, 0.5) is 0 Å². The molecule has 12 heteroatoms. The smallest absolute Gasteiger partial charge is 0.264 e. The molecule has 0 aliphatic rings. The predicted molar refractivity (Wildman–Crippen MR) is 81.4 cm³/mol. The van der Waals surface area contributed by atoms with E-state index in [1.807, 2.05) is 0 Å². The molecule has 0 saturated carbocycles. The van der Waals surface area contributed by atoms with Gasteiger partial charge >= 0.3 is 0 Å². The molecule has 0 aliphatic carbocycles. The molecule has 0 heterocycles. The fraction of sp³-hybridized carbons (Fsp3) is 0.818. The zero-order valence-electron chi connectivity index (χ0n) is 13.2. The molecule has 0 radical (unpaired) electrons. The maximum Gasteiger partial charge on any atom is 0.264 e. The van der Waals surface area contributed by atoms with Crippen molar-refractivity contribution < 1.29 is 34.8 Å². The summed E-state index contributed by atoms with van der Waals surface area (Å²) in [5.74, 6) is -0.842. The molecule has 0 aromatic carbocycles. The third-order valence-electron chi connectivity index (χ3n) is 2.27. The van der Waals surface area contributed by atoms with Gasteiger partial charge in [-0.05, 0) is 6.92 Å². The van der Waals surface area contributed by atoms with Crippen molar-refractivity contribution in [3.8, 4) is 0 Å². The van der Waals surface area contributed by atoms with Crippen molar-refractivity contribution in [1.29, 1.82) is 0 Å². The molecule has 1 atom stereocenters. The minimum atomic E-state index is -3.58. The van der Waals surface area contributed by atoms with Crippen LogP contribution in [-0.2, 0) is 38.2 Å². The summed E-state index contributed by atoms with van der Waals surface area (Å²) in [5, 5.41) is 5.05. The lowest BCUT2D eigenvalue weighted by molar-refractivity contribution is -0.124. The molecule has 0 bridgehead atoms. The Labute approximate surface area is 136 Å². The molecule has 0 fully saturated rings. The summed E-state index contributed by atoms with van der Waals surface area (Å²) in [7, 11) is -7.16. The Morgan fingerprint density at radius 3 is 1.78 bits per heavy atom. The molecular formula is C11H22N2O8S2. The Bertz CT molecular complexity index is 600. The van der Waals surface area contributed by atoms with Gasteiger partial charge in [0.2, 0.25) is 11.8 Å². The Morgan fingerprint density at radius 1 is 0.913 bits per heavy atom. The summed E-state index contributed by atoms with van der Waals surface area (Å²) in [5.41, 5.74) is 0. The molecule has 0 aromatic heterocycles.